The fraction of sp³-hybridized carbons (Fsp3) is 0.143. The van der Waals surface area contributed by atoms with Crippen LogP contribution in [0.2, 0.25) is 0 Å². The molecule has 1 heterocycles. The van der Waals surface area contributed by atoms with Crippen LogP contribution >= 0.6 is 15.9 Å². The van der Waals surface area contributed by atoms with E-state index in [4.69, 9.17) is 4.74 Å². The minimum Gasteiger partial charge on any atom is -0.439 e. The Bertz CT molecular complexity index is 1050. The lowest BCUT2D eigenvalue weighted by Crippen LogP contribution is -2.26. The number of benzene rings is 2. The molecule has 0 spiro atoms. The number of halogens is 1. The zero-order chi connectivity index (χ0) is 20.7. The first kappa shape index (κ1) is 21.0. The number of nitrogens with one attached hydrogen (secondary N) is 1. The fourth-order valence-corrected chi connectivity index (χ4v) is 4.11. The topological polar surface area (TPSA) is 85.4 Å². The lowest BCUT2D eigenvalue weighted by Gasteiger charge is -2.08. The highest BCUT2D eigenvalue weighted by molar-refractivity contribution is 9.10. The molecule has 0 unspecified atom stereocenters. The van der Waals surface area contributed by atoms with Crippen LogP contribution in [0.1, 0.15) is 16.8 Å². The summed E-state index contributed by atoms with van der Waals surface area (Å²) in [6, 6.07) is 18.8. The van der Waals surface area contributed by atoms with Gasteiger partial charge in [-0.25, -0.2) is 13.4 Å². The smallest absolute Gasteiger partial charge is 0.252 e. The SMILES string of the molecule is O=C(NCCCS(=O)(=O)c1ccccc1)c1ccc(Oc2ccc(Br)cc2)nc1. The second kappa shape index (κ2) is 9.67. The van der Waals surface area contributed by atoms with Crippen molar-refractivity contribution in [2.24, 2.45) is 0 Å². The molecule has 0 bridgehead atoms. The van der Waals surface area contributed by atoms with Crippen molar-refractivity contribution in [3.05, 3.63) is 83.0 Å². The van der Waals surface area contributed by atoms with E-state index in [1.54, 1.807) is 54.6 Å². The summed E-state index contributed by atoms with van der Waals surface area (Å²) in [5, 5.41) is 2.71. The summed E-state index contributed by atoms with van der Waals surface area (Å²) >= 11 is 3.36. The molecule has 0 aliphatic carbocycles. The minimum absolute atomic E-state index is 0.0322. The highest BCUT2D eigenvalue weighted by Gasteiger charge is 2.14. The Morgan fingerprint density at radius 2 is 1.72 bits per heavy atom. The molecule has 0 aliphatic heterocycles. The van der Waals surface area contributed by atoms with E-state index in [2.05, 4.69) is 26.2 Å². The standard InChI is InChI=1S/C21H19BrN2O4S/c22-17-8-10-18(11-9-17)28-20-12-7-16(15-24-20)21(25)23-13-4-14-29(26,27)19-5-2-1-3-6-19/h1-3,5-12,15H,4,13-14H2,(H,23,25). The van der Waals surface area contributed by atoms with E-state index in [9.17, 15) is 13.2 Å². The van der Waals surface area contributed by atoms with Crippen molar-refractivity contribution in [2.75, 3.05) is 12.3 Å². The number of rotatable bonds is 8. The average molecular weight is 475 g/mol. The normalized spacial score (nSPS) is 11.1. The lowest BCUT2D eigenvalue weighted by atomic mass is 10.2. The zero-order valence-corrected chi connectivity index (χ0v) is 17.8. The maximum atomic E-state index is 12.2. The molecule has 0 radical (unpaired) electrons. The number of hydrogen-bond acceptors (Lipinski definition) is 5. The van der Waals surface area contributed by atoms with Gasteiger partial charge in [-0.3, -0.25) is 4.79 Å². The van der Waals surface area contributed by atoms with Crippen LogP contribution in [0.25, 0.3) is 0 Å². The van der Waals surface area contributed by atoms with Gasteiger partial charge in [-0.05, 0) is 48.9 Å². The van der Waals surface area contributed by atoms with E-state index in [0.29, 0.717) is 23.6 Å². The highest BCUT2D eigenvalue weighted by Crippen LogP contribution is 2.21. The molecule has 0 saturated heterocycles. The summed E-state index contributed by atoms with van der Waals surface area (Å²) < 4.78 is 31.0. The molecular weight excluding hydrogens is 456 g/mol. The Morgan fingerprint density at radius 3 is 2.38 bits per heavy atom. The molecule has 0 aliphatic rings. The first-order valence-electron chi connectivity index (χ1n) is 8.89. The first-order valence-corrected chi connectivity index (χ1v) is 11.3. The fourth-order valence-electron chi connectivity index (χ4n) is 2.51. The Labute approximate surface area is 178 Å². The van der Waals surface area contributed by atoms with Crippen molar-refractivity contribution in [3.63, 3.8) is 0 Å². The van der Waals surface area contributed by atoms with E-state index >= 15 is 0 Å². The molecule has 3 aromatic rings. The van der Waals surface area contributed by atoms with Gasteiger partial charge in [0.2, 0.25) is 5.88 Å². The summed E-state index contributed by atoms with van der Waals surface area (Å²) in [5.41, 5.74) is 0.374. The summed E-state index contributed by atoms with van der Waals surface area (Å²) in [7, 11) is -3.34. The summed E-state index contributed by atoms with van der Waals surface area (Å²) in [6.07, 6.45) is 1.74. The van der Waals surface area contributed by atoms with Gasteiger partial charge in [0, 0.05) is 23.3 Å². The highest BCUT2D eigenvalue weighted by atomic mass is 79.9. The third-order valence-electron chi connectivity index (χ3n) is 4.01. The van der Waals surface area contributed by atoms with Crippen LogP contribution < -0.4 is 10.1 Å². The van der Waals surface area contributed by atoms with E-state index in [0.717, 1.165) is 4.47 Å². The van der Waals surface area contributed by atoms with Crippen LogP contribution in [0.15, 0.2) is 82.3 Å². The molecule has 8 heteroatoms. The molecule has 150 valence electrons. The van der Waals surface area contributed by atoms with Crippen LogP contribution in [0.4, 0.5) is 0 Å². The molecule has 1 aromatic heterocycles. The van der Waals surface area contributed by atoms with E-state index in [1.165, 1.54) is 6.20 Å². The molecule has 0 atom stereocenters. The minimum atomic E-state index is -3.34. The van der Waals surface area contributed by atoms with Gasteiger partial charge in [-0.2, -0.15) is 0 Å². The van der Waals surface area contributed by atoms with Crippen molar-refractivity contribution in [3.8, 4) is 11.6 Å². The number of nitrogens with zero attached hydrogens (tertiary/aromatic N) is 1. The molecule has 3 rings (SSSR count). The zero-order valence-electron chi connectivity index (χ0n) is 15.4. The summed E-state index contributed by atoms with van der Waals surface area (Å²) in [4.78, 5) is 16.6. The van der Waals surface area contributed by atoms with E-state index < -0.39 is 9.84 Å². The van der Waals surface area contributed by atoms with Crippen LogP contribution in [-0.2, 0) is 9.84 Å². The van der Waals surface area contributed by atoms with Crippen molar-refractivity contribution in [2.45, 2.75) is 11.3 Å². The van der Waals surface area contributed by atoms with Gasteiger partial charge in [-0.15, -0.1) is 0 Å². The van der Waals surface area contributed by atoms with Gasteiger partial charge in [0.1, 0.15) is 5.75 Å². The average Bonchev–Trinajstić information content (AvgIpc) is 2.74. The second-order valence-corrected chi connectivity index (χ2v) is 9.21. The van der Waals surface area contributed by atoms with Crippen LogP contribution in [0.3, 0.4) is 0 Å². The first-order chi connectivity index (χ1) is 13.9. The van der Waals surface area contributed by atoms with E-state index in [1.807, 2.05) is 12.1 Å². The van der Waals surface area contributed by atoms with E-state index in [-0.39, 0.29) is 23.1 Å². The number of pyridine rings is 1. The molecule has 0 saturated carbocycles. The largest absolute Gasteiger partial charge is 0.439 e. The Morgan fingerprint density at radius 1 is 1.00 bits per heavy atom. The molecule has 1 amide bonds. The second-order valence-electron chi connectivity index (χ2n) is 6.18. The predicted molar refractivity (Wildman–Crippen MR) is 114 cm³/mol. The molecule has 1 N–H and O–H groups in total. The number of carbonyl (C=O) groups excluding carboxylic acids is 1. The number of aromatic nitrogens is 1. The number of hydrogen-bond donors (Lipinski definition) is 1. The molecule has 0 fully saturated rings. The molecular formula is C21H19BrN2O4S. The molecule has 6 nitrogen and oxygen atoms in total. The maximum Gasteiger partial charge on any atom is 0.252 e. The van der Waals surface area contributed by atoms with Gasteiger partial charge in [-0.1, -0.05) is 34.1 Å². The number of sulfone groups is 1. The molecule has 2 aromatic carbocycles. The monoisotopic (exact) mass is 474 g/mol. The Kier molecular flexibility index (Phi) is 7.00. The van der Waals surface area contributed by atoms with Gasteiger partial charge in [0.25, 0.3) is 5.91 Å². The molecule has 29 heavy (non-hydrogen) atoms. The van der Waals surface area contributed by atoms with Gasteiger partial charge < -0.3 is 10.1 Å². The van der Waals surface area contributed by atoms with Crippen LogP contribution in [0, 0.1) is 0 Å². The number of ether oxygens (including phenoxy) is 1. The Balaban J connectivity index is 1.47. The third kappa shape index (κ3) is 6.13. The van der Waals surface area contributed by atoms with Crippen LogP contribution in [-0.4, -0.2) is 31.6 Å². The van der Waals surface area contributed by atoms with Crippen molar-refractivity contribution >= 4 is 31.7 Å². The van der Waals surface area contributed by atoms with Gasteiger partial charge in [0.05, 0.1) is 16.2 Å². The quantitative estimate of drug-likeness (QED) is 0.493. The number of carbonyl (C=O) groups is 1. The lowest BCUT2D eigenvalue weighted by molar-refractivity contribution is 0.0953. The number of amides is 1. The van der Waals surface area contributed by atoms with Crippen molar-refractivity contribution < 1.29 is 17.9 Å². The van der Waals surface area contributed by atoms with Crippen LogP contribution in [0.5, 0.6) is 11.6 Å². The third-order valence-corrected chi connectivity index (χ3v) is 6.36. The Hall–Kier alpha value is -2.71. The van der Waals surface area contributed by atoms with Crippen molar-refractivity contribution in [1.82, 2.24) is 10.3 Å². The van der Waals surface area contributed by atoms with Gasteiger partial charge >= 0.3 is 0 Å². The summed E-state index contributed by atoms with van der Waals surface area (Å²) in [6.45, 7) is 0.252. The van der Waals surface area contributed by atoms with Gasteiger partial charge in [0.15, 0.2) is 9.84 Å². The predicted octanol–water partition coefficient (Wildman–Crippen LogP) is 4.23. The van der Waals surface area contributed by atoms with Crippen molar-refractivity contribution in [1.29, 1.82) is 0 Å². The maximum absolute atomic E-state index is 12.2. The summed E-state index contributed by atoms with van der Waals surface area (Å²) in [5.74, 6) is 0.662.